The summed E-state index contributed by atoms with van der Waals surface area (Å²) in [5.41, 5.74) is 5.90. The number of nitrogens with two attached hydrogens (primary N) is 1. The van der Waals surface area contributed by atoms with E-state index in [2.05, 4.69) is 16.7 Å². The van der Waals surface area contributed by atoms with Crippen LogP contribution < -0.4 is 5.73 Å². The first kappa shape index (κ1) is 14.3. The molecule has 0 spiro atoms. The number of likely N-dealkylation sites (tertiary alicyclic amines) is 2. The van der Waals surface area contributed by atoms with E-state index in [9.17, 15) is 4.79 Å². The van der Waals surface area contributed by atoms with Gasteiger partial charge in [0.25, 0.3) is 0 Å². The molecule has 4 nitrogen and oxygen atoms in total. The van der Waals surface area contributed by atoms with Crippen LogP contribution in [-0.4, -0.2) is 54.0 Å². The van der Waals surface area contributed by atoms with Gasteiger partial charge in [0.05, 0.1) is 5.41 Å². The fraction of sp³-hybridized carbons (Fsp3) is 0.938. The Morgan fingerprint density at radius 3 is 2.25 bits per heavy atom. The molecule has 1 saturated carbocycles. The fourth-order valence-corrected chi connectivity index (χ4v) is 4.36. The number of amides is 1. The minimum Gasteiger partial charge on any atom is -0.342 e. The Bertz CT molecular complexity index is 359. The van der Waals surface area contributed by atoms with E-state index in [4.69, 9.17) is 5.73 Å². The normalized spacial score (nSPS) is 36.7. The third-order valence-corrected chi connectivity index (χ3v) is 5.93. The van der Waals surface area contributed by atoms with Crippen LogP contribution in [0.15, 0.2) is 0 Å². The molecule has 2 unspecified atom stereocenters. The summed E-state index contributed by atoms with van der Waals surface area (Å²) in [5, 5.41) is 0. The zero-order valence-corrected chi connectivity index (χ0v) is 12.8. The van der Waals surface area contributed by atoms with Crippen molar-refractivity contribution in [1.29, 1.82) is 0 Å². The van der Waals surface area contributed by atoms with Crippen LogP contribution in [0.1, 0.15) is 51.9 Å². The van der Waals surface area contributed by atoms with Crippen molar-refractivity contribution in [2.75, 3.05) is 26.2 Å². The van der Waals surface area contributed by atoms with Crippen molar-refractivity contribution in [3.05, 3.63) is 0 Å². The zero-order chi connectivity index (χ0) is 14.2. The van der Waals surface area contributed by atoms with Gasteiger partial charge in [-0.2, -0.15) is 0 Å². The minimum atomic E-state index is -0.291. The average Bonchev–Trinajstić information content (AvgIpc) is 3.10. The number of hydrogen-bond donors (Lipinski definition) is 1. The molecule has 0 radical (unpaired) electrons. The highest BCUT2D eigenvalue weighted by atomic mass is 16.2. The monoisotopic (exact) mass is 279 g/mol. The van der Waals surface area contributed by atoms with E-state index in [1.807, 2.05) is 0 Å². The Hall–Kier alpha value is -0.610. The molecule has 0 bridgehead atoms. The van der Waals surface area contributed by atoms with E-state index in [-0.39, 0.29) is 11.5 Å². The van der Waals surface area contributed by atoms with Crippen LogP contribution in [0, 0.1) is 5.41 Å². The van der Waals surface area contributed by atoms with Gasteiger partial charge < -0.3 is 15.5 Å². The van der Waals surface area contributed by atoms with Crippen LogP contribution >= 0.6 is 0 Å². The highest BCUT2D eigenvalue weighted by Crippen LogP contribution is 2.39. The molecule has 2 saturated heterocycles. The van der Waals surface area contributed by atoms with Crippen LogP contribution in [0.25, 0.3) is 0 Å². The number of nitrogens with zero attached hydrogens (tertiary/aromatic N) is 2. The molecule has 4 heteroatoms. The summed E-state index contributed by atoms with van der Waals surface area (Å²) in [6, 6.07) is 0.776. The van der Waals surface area contributed by atoms with E-state index in [1.54, 1.807) is 0 Å². The first-order valence-corrected chi connectivity index (χ1v) is 8.40. The van der Waals surface area contributed by atoms with Gasteiger partial charge in [-0.05, 0) is 58.5 Å². The molecule has 2 atom stereocenters. The second-order valence-electron chi connectivity index (χ2n) is 7.18. The molecule has 2 heterocycles. The maximum atomic E-state index is 12.8. The molecular weight excluding hydrogens is 250 g/mol. The summed E-state index contributed by atoms with van der Waals surface area (Å²) in [6.45, 7) is 6.48. The molecule has 3 fully saturated rings. The van der Waals surface area contributed by atoms with Gasteiger partial charge in [0.2, 0.25) is 5.91 Å². The SMILES string of the molecule is CC1(C(=O)N2CCC(N3CCCC3)CC2)CCCC1N. The van der Waals surface area contributed by atoms with Crippen molar-refractivity contribution in [2.45, 2.75) is 64.0 Å². The van der Waals surface area contributed by atoms with Gasteiger partial charge in [-0.1, -0.05) is 6.42 Å². The molecule has 0 aromatic heterocycles. The highest BCUT2D eigenvalue weighted by Gasteiger charge is 2.45. The van der Waals surface area contributed by atoms with E-state index in [1.165, 1.54) is 25.9 Å². The molecule has 0 aromatic carbocycles. The lowest BCUT2D eigenvalue weighted by atomic mass is 9.83. The third-order valence-electron chi connectivity index (χ3n) is 5.93. The zero-order valence-electron chi connectivity index (χ0n) is 12.8. The molecule has 20 heavy (non-hydrogen) atoms. The van der Waals surface area contributed by atoms with Gasteiger partial charge in [-0.3, -0.25) is 4.79 Å². The number of piperidine rings is 1. The molecule has 1 aliphatic carbocycles. The molecule has 2 N–H and O–H groups in total. The maximum absolute atomic E-state index is 12.8. The van der Waals surface area contributed by atoms with Crippen LogP contribution in [0.3, 0.4) is 0 Å². The van der Waals surface area contributed by atoms with Gasteiger partial charge in [0.1, 0.15) is 0 Å². The minimum absolute atomic E-state index is 0.0614. The standard InChI is InChI=1S/C16H29N3O/c1-16(8-4-5-14(16)17)15(20)19-11-6-13(7-12-19)18-9-2-3-10-18/h13-14H,2-12,17H2,1H3. The predicted molar refractivity (Wildman–Crippen MR) is 80.3 cm³/mol. The van der Waals surface area contributed by atoms with Crippen molar-refractivity contribution in [3.63, 3.8) is 0 Å². The molecular formula is C16H29N3O. The predicted octanol–water partition coefficient (Wildman–Crippen LogP) is 1.59. The van der Waals surface area contributed by atoms with Gasteiger partial charge in [-0.15, -0.1) is 0 Å². The smallest absolute Gasteiger partial charge is 0.230 e. The number of carbonyl (C=O) groups excluding carboxylic acids is 1. The second kappa shape index (κ2) is 5.64. The summed E-state index contributed by atoms with van der Waals surface area (Å²) >= 11 is 0. The van der Waals surface area contributed by atoms with Gasteiger partial charge in [-0.25, -0.2) is 0 Å². The Balaban J connectivity index is 1.56. The number of carbonyl (C=O) groups is 1. The van der Waals surface area contributed by atoms with Crippen molar-refractivity contribution >= 4 is 5.91 Å². The van der Waals surface area contributed by atoms with Crippen molar-refractivity contribution in [3.8, 4) is 0 Å². The Labute approximate surface area is 122 Å². The fourth-order valence-electron chi connectivity index (χ4n) is 4.36. The Kier molecular flexibility index (Phi) is 4.04. The van der Waals surface area contributed by atoms with Gasteiger partial charge in [0, 0.05) is 25.2 Å². The lowest BCUT2D eigenvalue weighted by Crippen LogP contribution is -2.53. The van der Waals surface area contributed by atoms with Crippen molar-refractivity contribution in [2.24, 2.45) is 11.1 Å². The van der Waals surface area contributed by atoms with Crippen molar-refractivity contribution in [1.82, 2.24) is 9.80 Å². The average molecular weight is 279 g/mol. The van der Waals surface area contributed by atoms with E-state index in [0.717, 1.165) is 45.2 Å². The Morgan fingerprint density at radius 2 is 1.70 bits per heavy atom. The summed E-state index contributed by atoms with van der Waals surface area (Å²) in [7, 11) is 0. The van der Waals surface area contributed by atoms with E-state index in [0.29, 0.717) is 11.9 Å². The molecule has 114 valence electrons. The number of rotatable bonds is 2. The van der Waals surface area contributed by atoms with E-state index >= 15 is 0 Å². The highest BCUT2D eigenvalue weighted by molar-refractivity contribution is 5.83. The first-order chi connectivity index (χ1) is 9.61. The largest absolute Gasteiger partial charge is 0.342 e. The van der Waals surface area contributed by atoms with Crippen molar-refractivity contribution < 1.29 is 4.79 Å². The van der Waals surface area contributed by atoms with Crippen LogP contribution in [0.2, 0.25) is 0 Å². The lowest BCUT2D eigenvalue weighted by Gasteiger charge is -2.40. The lowest BCUT2D eigenvalue weighted by molar-refractivity contribution is -0.143. The molecule has 2 aliphatic heterocycles. The third kappa shape index (κ3) is 2.48. The molecule has 3 rings (SSSR count). The molecule has 0 aromatic rings. The Morgan fingerprint density at radius 1 is 1.05 bits per heavy atom. The summed E-state index contributed by atoms with van der Waals surface area (Å²) < 4.78 is 0. The molecule has 1 amide bonds. The van der Waals surface area contributed by atoms with Crippen LogP contribution in [0.5, 0.6) is 0 Å². The summed E-state index contributed by atoms with van der Waals surface area (Å²) in [6.07, 6.45) is 8.09. The summed E-state index contributed by atoms with van der Waals surface area (Å²) in [5.74, 6) is 0.322. The second-order valence-corrected chi connectivity index (χ2v) is 7.18. The number of hydrogen-bond acceptors (Lipinski definition) is 3. The topological polar surface area (TPSA) is 49.6 Å². The van der Waals surface area contributed by atoms with Gasteiger partial charge >= 0.3 is 0 Å². The molecule has 3 aliphatic rings. The van der Waals surface area contributed by atoms with Gasteiger partial charge in [0.15, 0.2) is 0 Å². The first-order valence-electron chi connectivity index (χ1n) is 8.40. The van der Waals surface area contributed by atoms with E-state index < -0.39 is 0 Å². The van der Waals surface area contributed by atoms with Crippen LogP contribution in [0.4, 0.5) is 0 Å². The summed E-state index contributed by atoms with van der Waals surface area (Å²) in [4.78, 5) is 17.5. The quantitative estimate of drug-likeness (QED) is 0.835. The van der Waals surface area contributed by atoms with Crippen LogP contribution in [-0.2, 0) is 4.79 Å². The maximum Gasteiger partial charge on any atom is 0.230 e.